The molecule has 0 unspecified atom stereocenters. The summed E-state index contributed by atoms with van der Waals surface area (Å²) in [6.45, 7) is 1.50. The van der Waals surface area contributed by atoms with Crippen LogP contribution in [0.4, 0.5) is 4.79 Å². The number of carboxylic acid groups (broad SMARTS) is 1. The van der Waals surface area contributed by atoms with Crippen LogP contribution in [-0.4, -0.2) is 40.3 Å². The minimum atomic E-state index is -1.10. The number of carbonyl (C=O) groups is 3. The van der Waals surface area contributed by atoms with E-state index in [1.807, 2.05) is 0 Å². The fraction of sp³-hybridized carbons (Fsp3) is 0.190. The number of aliphatic carboxylic acids is 1. The first kappa shape index (κ1) is 21.7. The lowest BCUT2D eigenvalue weighted by atomic mass is 10.1. The van der Waals surface area contributed by atoms with Gasteiger partial charge in [-0.3, -0.25) is 14.5 Å². The van der Waals surface area contributed by atoms with Gasteiger partial charge in [-0.1, -0.05) is 35.9 Å². The standard InChI is InChI=1S/C21H18ClNO6S/c1-12(20(25)26)29-16-8-7-13(9-17(16)28-2)10-18-19(24)23(21(27)30-18)11-14-5-3-4-6-15(14)22/h3-10,12H,11H2,1-2H3,(H,25,26)/b18-10+/t12-/m1/s1. The summed E-state index contributed by atoms with van der Waals surface area (Å²) in [5, 5.41) is 9.09. The number of hydrogen-bond acceptors (Lipinski definition) is 6. The minimum Gasteiger partial charge on any atom is -0.493 e. The van der Waals surface area contributed by atoms with Crippen molar-refractivity contribution in [3.05, 3.63) is 63.5 Å². The molecular formula is C21H18ClNO6S. The van der Waals surface area contributed by atoms with Crippen LogP contribution in [0.3, 0.4) is 0 Å². The number of ether oxygens (including phenoxy) is 2. The zero-order chi connectivity index (χ0) is 21.8. The summed E-state index contributed by atoms with van der Waals surface area (Å²) in [6, 6.07) is 11.8. The van der Waals surface area contributed by atoms with Gasteiger partial charge in [0.05, 0.1) is 18.6 Å². The number of nitrogens with zero attached hydrogens (tertiary/aromatic N) is 1. The normalized spacial score (nSPS) is 16.1. The van der Waals surface area contributed by atoms with Crippen molar-refractivity contribution in [3.63, 3.8) is 0 Å². The van der Waals surface area contributed by atoms with Gasteiger partial charge >= 0.3 is 5.97 Å². The maximum atomic E-state index is 12.7. The molecule has 9 heteroatoms. The number of hydrogen-bond donors (Lipinski definition) is 1. The number of rotatable bonds is 7. The molecule has 0 aliphatic carbocycles. The molecule has 0 spiro atoms. The van der Waals surface area contributed by atoms with Crippen molar-refractivity contribution < 1.29 is 29.0 Å². The van der Waals surface area contributed by atoms with E-state index in [4.69, 9.17) is 26.2 Å². The summed E-state index contributed by atoms with van der Waals surface area (Å²) in [6.07, 6.45) is 0.524. The molecule has 30 heavy (non-hydrogen) atoms. The van der Waals surface area contributed by atoms with Gasteiger partial charge in [-0.25, -0.2) is 4.79 Å². The molecule has 2 aromatic carbocycles. The molecule has 1 saturated heterocycles. The molecule has 2 aromatic rings. The number of benzene rings is 2. The minimum absolute atomic E-state index is 0.0882. The quantitative estimate of drug-likeness (QED) is 0.627. The van der Waals surface area contributed by atoms with E-state index in [0.29, 0.717) is 21.9 Å². The van der Waals surface area contributed by atoms with E-state index in [-0.39, 0.29) is 22.4 Å². The molecule has 1 N–H and O–H groups in total. The van der Waals surface area contributed by atoms with Crippen molar-refractivity contribution in [1.82, 2.24) is 4.90 Å². The molecular weight excluding hydrogens is 430 g/mol. The van der Waals surface area contributed by atoms with Crippen LogP contribution in [0.25, 0.3) is 6.08 Å². The number of thioether (sulfide) groups is 1. The molecule has 1 fully saturated rings. The highest BCUT2D eigenvalue weighted by Crippen LogP contribution is 2.36. The van der Waals surface area contributed by atoms with Gasteiger partial charge in [-0.2, -0.15) is 0 Å². The van der Waals surface area contributed by atoms with Crippen molar-refractivity contribution in [2.75, 3.05) is 7.11 Å². The third kappa shape index (κ3) is 4.77. The summed E-state index contributed by atoms with van der Waals surface area (Å²) in [5.41, 5.74) is 1.28. The fourth-order valence-electron chi connectivity index (χ4n) is 2.70. The third-order valence-corrected chi connectivity index (χ3v) is 5.57. The first-order chi connectivity index (χ1) is 14.3. The van der Waals surface area contributed by atoms with E-state index >= 15 is 0 Å². The van der Waals surface area contributed by atoms with Crippen LogP contribution in [-0.2, 0) is 16.1 Å². The predicted octanol–water partition coefficient (Wildman–Crippen LogP) is 4.44. The van der Waals surface area contributed by atoms with Crippen LogP contribution in [0.5, 0.6) is 11.5 Å². The zero-order valence-corrected chi connectivity index (χ0v) is 17.7. The molecule has 0 aromatic heterocycles. The second-order valence-corrected chi connectivity index (χ2v) is 7.77. The Morgan fingerprint density at radius 2 is 1.97 bits per heavy atom. The van der Waals surface area contributed by atoms with Crippen LogP contribution in [0.2, 0.25) is 5.02 Å². The highest BCUT2D eigenvalue weighted by atomic mass is 35.5. The average molecular weight is 448 g/mol. The number of methoxy groups -OCH3 is 1. The van der Waals surface area contributed by atoms with Gasteiger partial charge in [-0.15, -0.1) is 0 Å². The Labute approximate surface area is 182 Å². The lowest BCUT2D eigenvalue weighted by Gasteiger charge is -2.14. The number of amides is 2. The van der Waals surface area contributed by atoms with Crippen molar-refractivity contribution in [2.45, 2.75) is 19.6 Å². The average Bonchev–Trinajstić information content (AvgIpc) is 2.97. The molecule has 0 bridgehead atoms. The Balaban J connectivity index is 1.81. The van der Waals surface area contributed by atoms with Gasteiger partial charge in [0, 0.05) is 5.02 Å². The van der Waals surface area contributed by atoms with Crippen molar-refractivity contribution >= 4 is 46.6 Å². The summed E-state index contributed by atoms with van der Waals surface area (Å²) in [4.78, 5) is 37.5. The van der Waals surface area contributed by atoms with E-state index in [1.165, 1.54) is 14.0 Å². The first-order valence-electron chi connectivity index (χ1n) is 8.86. The number of carboxylic acids is 1. The fourth-order valence-corrected chi connectivity index (χ4v) is 3.73. The van der Waals surface area contributed by atoms with E-state index in [9.17, 15) is 14.4 Å². The first-order valence-corrected chi connectivity index (χ1v) is 10.1. The number of carbonyl (C=O) groups excluding carboxylic acids is 2. The highest BCUT2D eigenvalue weighted by Gasteiger charge is 2.35. The van der Waals surface area contributed by atoms with E-state index < -0.39 is 18.0 Å². The van der Waals surface area contributed by atoms with E-state index in [2.05, 4.69) is 0 Å². The zero-order valence-electron chi connectivity index (χ0n) is 16.1. The molecule has 0 radical (unpaired) electrons. The Bertz CT molecular complexity index is 1040. The van der Waals surface area contributed by atoms with E-state index in [0.717, 1.165) is 16.7 Å². The molecule has 1 atom stereocenters. The molecule has 7 nitrogen and oxygen atoms in total. The predicted molar refractivity (Wildman–Crippen MR) is 114 cm³/mol. The molecule has 1 aliphatic heterocycles. The smallest absolute Gasteiger partial charge is 0.344 e. The topological polar surface area (TPSA) is 93.1 Å². The summed E-state index contributed by atoms with van der Waals surface area (Å²) < 4.78 is 10.6. The molecule has 3 rings (SSSR count). The van der Waals surface area contributed by atoms with Crippen LogP contribution in [0.15, 0.2) is 47.4 Å². The molecule has 1 aliphatic rings. The number of imide groups is 1. The number of halogens is 1. The largest absolute Gasteiger partial charge is 0.493 e. The highest BCUT2D eigenvalue weighted by molar-refractivity contribution is 8.18. The van der Waals surface area contributed by atoms with Crippen molar-refractivity contribution in [1.29, 1.82) is 0 Å². The van der Waals surface area contributed by atoms with Gasteiger partial charge in [0.25, 0.3) is 11.1 Å². The lowest BCUT2D eigenvalue weighted by molar-refractivity contribution is -0.144. The van der Waals surface area contributed by atoms with E-state index in [1.54, 1.807) is 48.5 Å². The Morgan fingerprint density at radius 1 is 1.23 bits per heavy atom. The SMILES string of the molecule is COc1cc(/C=C2/SC(=O)N(Cc3ccccc3Cl)C2=O)ccc1O[C@H](C)C(=O)O. The van der Waals surface area contributed by atoms with Crippen molar-refractivity contribution in [3.8, 4) is 11.5 Å². The van der Waals surface area contributed by atoms with Crippen molar-refractivity contribution in [2.24, 2.45) is 0 Å². The Morgan fingerprint density at radius 3 is 2.63 bits per heavy atom. The van der Waals surface area contributed by atoms with Crippen LogP contribution in [0.1, 0.15) is 18.1 Å². The van der Waals surface area contributed by atoms with Crippen LogP contribution >= 0.6 is 23.4 Å². The van der Waals surface area contributed by atoms with Gasteiger partial charge < -0.3 is 14.6 Å². The van der Waals surface area contributed by atoms with Gasteiger partial charge in [0.1, 0.15) is 0 Å². The summed E-state index contributed by atoms with van der Waals surface area (Å²) >= 11 is 6.97. The molecule has 156 valence electrons. The maximum absolute atomic E-state index is 12.7. The molecule has 2 amide bonds. The Kier molecular flexibility index (Phi) is 6.69. The summed E-state index contributed by atoms with van der Waals surface area (Å²) in [5.74, 6) is -0.944. The van der Waals surface area contributed by atoms with Gasteiger partial charge in [-0.05, 0) is 54.1 Å². The van der Waals surface area contributed by atoms with Gasteiger partial charge in [0.15, 0.2) is 17.6 Å². The van der Waals surface area contributed by atoms with Crippen LogP contribution < -0.4 is 9.47 Å². The second kappa shape index (κ2) is 9.23. The maximum Gasteiger partial charge on any atom is 0.344 e. The monoisotopic (exact) mass is 447 g/mol. The Hall–Kier alpha value is -2.97. The van der Waals surface area contributed by atoms with Gasteiger partial charge in [0.2, 0.25) is 0 Å². The van der Waals surface area contributed by atoms with Crippen LogP contribution in [0, 0.1) is 0 Å². The molecule has 1 heterocycles. The lowest BCUT2D eigenvalue weighted by Crippen LogP contribution is -2.27. The second-order valence-electron chi connectivity index (χ2n) is 6.37. The molecule has 0 saturated carbocycles. The summed E-state index contributed by atoms with van der Waals surface area (Å²) in [7, 11) is 1.43. The third-order valence-electron chi connectivity index (χ3n) is 4.30.